The van der Waals surface area contributed by atoms with Gasteiger partial charge >= 0.3 is 5.97 Å². The van der Waals surface area contributed by atoms with Crippen molar-refractivity contribution >= 4 is 5.97 Å². The zero-order valence-electron chi connectivity index (χ0n) is 19.0. The van der Waals surface area contributed by atoms with Gasteiger partial charge in [-0.1, -0.05) is 39.3 Å². The third-order valence-corrected chi connectivity index (χ3v) is 7.88. The number of allylic oxidation sites excluding steroid dienone is 1. The average Bonchev–Trinajstić information content (AvgIpc) is 3.12. The lowest BCUT2D eigenvalue weighted by Crippen LogP contribution is -2.53. The number of furan rings is 1. The number of ether oxygens (including phenoxy) is 1. The lowest BCUT2D eigenvalue weighted by Gasteiger charge is -2.57. The summed E-state index contributed by atoms with van der Waals surface area (Å²) in [7, 11) is 1.53. The summed E-state index contributed by atoms with van der Waals surface area (Å²) in [6, 6.07) is 2.55. The van der Waals surface area contributed by atoms with E-state index in [9.17, 15) is 4.79 Å². The van der Waals surface area contributed by atoms with Gasteiger partial charge < -0.3 is 14.5 Å². The first kappa shape index (κ1) is 22.1. The molecule has 1 N–H and O–H groups in total. The number of nitrogens with one attached hydrogen (secondary N) is 1. The topological polar surface area (TPSA) is 51.5 Å². The van der Waals surface area contributed by atoms with Crippen LogP contribution < -0.4 is 5.32 Å². The first-order chi connectivity index (χ1) is 13.7. The van der Waals surface area contributed by atoms with Gasteiger partial charge in [0.25, 0.3) is 0 Å². The monoisotopic (exact) mass is 401 g/mol. The summed E-state index contributed by atoms with van der Waals surface area (Å²) in [4.78, 5) is 12.7. The van der Waals surface area contributed by atoms with Gasteiger partial charge in [0.15, 0.2) is 0 Å². The van der Waals surface area contributed by atoms with Crippen LogP contribution in [0.3, 0.4) is 0 Å². The van der Waals surface area contributed by atoms with Crippen LogP contribution in [0.2, 0.25) is 0 Å². The summed E-state index contributed by atoms with van der Waals surface area (Å²) in [5.74, 6) is 1.81. The van der Waals surface area contributed by atoms with Crippen molar-refractivity contribution in [2.75, 3.05) is 7.11 Å². The fraction of sp³-hybridized carbons (Fsp3) is 0.720. The molecule has 0 bridgehead atoms. The zero-order valence-corrected chi connectivity index (χ0v) is 19.0. The van der Waals surface area contributed by atoms with Gasteiger partial charge in [-0.3, -0.25) is 4.79 Å². The maximum atomic E-state index is 12.7. The minimum atomic E-state index is -0.372. The molecule has 0 aliphatic heterocycles. The molecule has 1 aromatic rings. The Labute approximate surface area is 176 Å². The van der Waals surface area contributed by atoms with Gasteiger partial charge in [0.05, 0.1) is 25.3 Å². The largest absolute Gasteiger partial charge is 0.469 e. The van der Waals surface area contributed by atoms with Gasteiger partial charge in [-0.05, 0) is 74.3 Å². The standard InChI is InChI=1S/C25H39NO3/c1-17(2)26-16-21-19(12-15-29-21)9-10-20-18(3)8-11-22-24(20,4)13-7-14-25(22,5)23(27)28-6/h12,15,17,20,22,26H,3,7-11,13-14,16H2,1-2,4-6H3/t20-,22-,24-,25-/m1/s1. The SMILES string of the molecule is C=C1CC[C@@H]2[C@](C)(CCC[C@@]2(C)C(=O)OC)[C@@H]1CCc1ccoc1CNC(C)C. The third kappa shape index (κ3) is 4.19. The highest BCUT2D eigenvalue weighted by atomic mass is 16.5. The van der Waals surface area contributed by atoms with Crippen molar-refractivity contribution in [1.82, 2.24) is 5.32 Å². The van der Waals surface area contributed by atoms with Crippen LogP contribution in [0.5, 0.6) is 0 Å². The fourth-order valence-electron chi connectivity index (χ4n) is 6.30. The van der Waals surface area contributed by atoms with E-state index < -0.39 is 0 Å². The smallest absolute Gasteiger partial charge is 0.311 e. The number of fused-ring (bicyclic) bond motifs is 1. The van der Waals surface area contributed by atoms with Gasteiger partial charge in [0, 0.05) is 6.04 Å². The van der Waals surface area contributed by atoms with Crippen molar-refractivity contribution in [2.24, 2.45) is 22.7 Å². The molecule has 2 fully saturated rings. The lowest BCUT2D eigenvalue weighted by atomic mass is 9.46. The van der Waals surface area contributed by atoms with Crippen LogP contribution in [0.4, 0.5) is 0 Å². The average molecular weight is 402 g/mol. The quantitative estimate of drug-likeness (QED) is 0.473. The van der Waals surface area contributed by atoms with Gasteiger partial charge in [0.1, 0.15) is 5.76 Å². The summed E-state index contributed by atoms with van der Waals surface area (Å²) in [5, 5.41) is 3.45. The normalized spacial score (nSPS) is 32.3. The molecule has 4 heteroatoms. The molecule has 1 heterocycles. The number of carbonyl (C=O) groups excluding carboxylic acids is 1. The van der Waals surface area contributed by atoms with Crippen molar-refractivity contribution in [2.45, 2.75) is 85.2 Å². The van der Waals surface area contributed by atoms with Gasteiger partial charge in [-0.25, -0.2) is 0 Å². The highest BCUT2D eigenvalue weighted by Crippen LogP contribution is 2.62. The summed E-state index contributed by atoms with van der Waals surface area (Å²) < 4.78 is 11.0. The molecule has 0 unspecified atom stereocenters. The van der Waals surface area contributed by atoms with Crippen LogP contribution in [0.25, 0.3) is 0 Å². The fourth-order valence-corrected chi connectivity index (χ4v) is 6.30. The molecular weight excluding hydrogens is 362 g/mol. The highest BCUT2D eigenvalue weighted by molar-refractivity contribution is 5.77. The van der Waals surface area contributed by atoms with E-state index in [1.807, 2.05) is 6.26 Å². The molecule has 0 spiro atoms. The van der Waals surface area contributed by atoms with Crippen LogP contribution >= 0.6 is 0 Å². The molecule has 0 amide bonds. The number of hydrogen-bond acceptors (Lipinski definition) is 4. The van der Waals surface area contributed by atoms with Gasteiger partial charge in [0.2, 0.25) is 0 Å². The number of methoxy groups -OCH3 is 1. The van der Waals surface area contributed by atoms with Crippen LogP contribution in [0.1, 0.15) is 77.5 Å². The van der Waals surface area contributed by atoms with Crippen molar-refractivity contribution in [3.8, 4) is 0 Å². The molecule has 0 saturated heterocycles. The second-order valence-corrected chi connectivity index (χ2v) is 10.0. The minimum Gasteiger partial charge on any atom is -0.469 e. The van der Waals surface area contributed by atoms with E-state index >= 15 is 0 Å². The number of esters is 1. The number of aryl methyl sites for hydroxylation is 1. The van der Waals surface area contributed by atoms with Gasteiger partial charge in [-0.2, -0.15) is 0 Å². The Hall–Kier alpha value is -1.55. The highest BCUT2D eigenvalue weighted by Gasteiger charge is 2.57. The van der Waals surface area contributed by atoms with E-state index in [-0.39, 0.29) is 16.8 Å². The zero-order chi connectivity index (χ0) is 21.2. The van der Waals surface area contributed by atoms with Crippen molar-refractivity contribution in [1.29, 1.82) is 0 Å². The summed E-state index contributed by atoms with van der Waals surface area (Å²) in [5.41, 5.74) is 2.39. The van der Waals surface area contributed by atoms with Crippen LogP contribution in [-0.4, -0.2) is 19.1 Å². The van der Waals surface area contributed by atoms with E-state index in [4.69, 9.17) is 9.15 Å². The Morgan fingerprint density at radius 1 is 1.38 bits per heavy atom. The molecule has 1 aromatic heterocycles. The molecule has 162 valence electrons. The molecule has 2 aliphatic rings. The van der Waals surface area contributed by atoms with Crippen molar-refractivity contribution in [3.05, 3.63) is 35.8 Å². The Morgan fingerprint density at radius 2 is 2.14 bits per heavy atom. The molecular formula is C25H39NO3. The Bertz CT molecular complexity index is 736. The lowest BCUT2D eigenvalue weighted by molar-refractivity contribution is -0.168. The molecule has 4 nitrogen and oxygen atoms in total. The van der Waals surface area contributed by atoms with E-state index in [0.29, 0.717) is 17.9 Å². The molecule has 4 atom stereocenters. The molecule has 3 rings (SSSR count). The van der Waals surface area contributed by atoms with Crippen molar-refractivity contribution < 1.29 is 13.9 Å². The Kier molecular flexibility index (Phi) is 6.62. The first-order valence-electron chi connectivity index (χ1n) is 11.3. The predicted molar refractivity (Wildman–Crippen MR) is 116 cm³/mol. The molecule has 0 aromatic carbocycles. The third-order valence-electron chi connectivity index (χ3n) is 7.88. The van der Waals surface area contributed by atoms with Crippen molar-refractivity contribution in [3.63, 3.8) is 0 Å². The Balaban J connectivity index is 1.78. The van der Waals surface area contributed by atoms with Crippen LogP contribution in [-0.2, 0) is 22.5 Å². The van der Waals surface area contributed by atoms with E-state index in [1.165, 1.54) is 24.7 Å². The summed E-state index contributed by atoms with van der Waals surface area (Å²) >= 11 is 0. The van der Waals surface area contributed by atoms with E-state index in [1.54, 1.807) is 0 Å². The maximum Gasteiger partial charge on any atom is 0.311 e. The maximum absolute atomic E-state index is 12.7. The predicted octanol–water partition coefficient (Wildman–Crippen LogP) is 5.66. The second-order valence-electron chi connectivity index (χ2n) is 10.0. The minimum absolute atomic E-state index is 0.0310. The number of hydrogen-bond donors (Lipinski definition) is 1. The number of rotatable bonds is 7. The number of carbonyl (C=O) groups is 1. The molecule has 2 saturated carbocycles. The molecule has 2 aliphatic carbocycles. The molecule has 29 heavy (non-hydrogen) atoms. The van der Waals surface area contributed by atoms with E-state index in [0.717, 1.165) is 50.8 Å². The van der Waals surface area contributed by atoms with Crippen LogP contribution in [0, 0.1) is 22.7 Å². The summed E-state index contributed by atoms with van der Waals surface area (Å²) in [6.45, 7) is 14.1. The second kappa shape index (κ2) is 8.67. The first-order valence-corrected chi connectivity index (χ1v) is 11.3. The Morgan fingerprint density at radius 3 is 2.83 bits per heavy atom. The van der Waals surface area contributed by atoms with E-state index in [2.05, 4.69) is 45.7 Å². The van der Waals surface area contributed by atoms with Gasteiger partial charge in [-0.15, -0.1) is 0 Å². The molecule has 0 radical (unpaired) electrons. The van der Waals surface area contributed by atoms with Crippen LogP contribution in [0.15, 0.2) is 28.9 Å². The summed E-state index contributed by atoms with van der Waals surface area (Å²) in [6.07, 6.45) is 9.12.